The molecule has 1 unspecified atom stereocenters. The number of ether oxygens (including phenoxy) is 2. The van der Waals surface area contributed by atoms with E-state index in [-0.39, 0.29) is 5.97 Å². The molecule has 210 valence electrons. The first kappa shape index (κ1) is 26.7. The van der Waals surface area contributed by atoms with Crippen molar-refractivity contribution in [3.8, 4) is 11.5 Å². The zero-order valence-electron chi connectivity index (χ0n) is 24.2. The van der Waals surface area contributed by atoms with Gasteiger partial charge in [0.1, 0.15) is 11.5 Å². The highest BCUT2D eigenvalue weighted by atomic mass is 16.6. The van der Waals surface area contributed by atoms with Crippen molar-refractivity contribution in [2.24, 2.45) is 0 Å². The number of fused-ring (bicyclic) bond motifs is 6. The van der Waals surface area contributed by atoms with Gasteiger partial charge in [-0.25, -0.2) is 4.79 Å². The minimum absolute atomic E-state index is 0.284. The number of nitrogens with zero attached hydrogens (tertiary/aromatic N) is 1. The van der Waals surface area contributed by atoms with E-state index in [1.807, 2.05) is 24.3 Å². The van der Waals surface area contributed by atoms with Gasteiger partial charge in [0.2, 0.25) is 0 Å². The summed E-state index contributed by atoms with van der Waals surface area (Å²) in [6, 6.07) is 19.1. The molecule has 1 aliphatic carbocycles. The first-order valence-corrected chi connectivity index (χ1v) is 15.4. The van der Waals surface area contributed by atoms with Gasteiger partial charge in [-0.2, -0.15) is 0 Å². The van der Waals surface area contributed by atoms with Crippen LogP contribution in [0.25, 0.3) is 0 Å². The van der Waals surface area contributed by atoms with Crippen LogP contribution in [0.1, 0.15) is 104 Å². The van der Waals surface area contributed by atoms with E-state index in [1.54, 1.807) is 0 Å². The molecule has 40 heavy (non-hydrogen) atoms. The van der Waals surface area contributed by atoms with Gasteiger partial charge in [0.05, 0.1) is 5.56 Å². The smallest absolute Gasteiger partial charge is 0.340 e. The summed E-state index contributed by atoms with van der Waals surface area (Å²) in [6.45, 7) is 8.65. The second kappa shape index (κ2) is 11.2. The van der Waals surface area contributed by atoms with E-state index in [0.29, 0.717) is 11.6 Å². The molecular weight excluding hydrogens is 496 g/mol. The number of esters is 1. The van der Waals surface area contributed by atoms with Crippen molar-refractivity contribution in [1.29, 1.82) is 0 Å². The second-order valence-corrected chi connectivity index (χ2v) is 11.7. The molecule has 6 rings (SSSR count). The molecule has 5 nitrogen and oxygen atoms in total. The first-order chi connectivity index (χ1) is 19.5. The maximum absolute atomic E-state index is 13.4. The summed E-state index contributed by atoms with van der Waals surface area (Å²) in [4.78, 5) is 15.8. The fourth-order valence-corrected chi connectivity index (χ4v) is 6.70. The molecule has 3 aromatic carbocycles. The van der Waals surface area contributed by atoms with E-state index in [0.717, 1.165) is 83.9 Å². The number of rotatable bonds is 9. The summed E-state index contributed by atoms with van der Waals surface area (Å²) in [7, 11) is 0. The van der Waals surface area contributed by atoms with Crippen molar-refractivity contribution in [3.63, 3.8) is 0 Å². The average molecular weight is 539 g/mol. The van der Waals surface area contributed by atoms with Crippen LogP contribution < -0.4 is 15.0 Å². The minimum Gasteiger partial charge on any atom is -0.456 e. The van der Waals surface area contributed by atoms with Gasteiger partial charge in [0, 0.05) is 53.3 Å². The molecule has 0 radical (unpaired) electrons. The van der Waals surface area contributed by atoms with E-state index in [2.05, 4.69) is 61.3 Å². The topological polar surface area (TPSA) is 50.8 Å². The molecule has 2 heterocycles. The summed E-state index contributed by atoms with van der Waals surface area (Å²) in [5, 5.41) is 3.83. The summed E-state index contributed by atoms with van der Waals surface area (Å²) < 4.78 is 13.2. The lowest BCUT2D eigenvalue weighted by atomic mass is 9.77. The molecule has 3 aromatic rings. The molecule has 1 N–H and O–H groups in total. The molecule has 5 heteroatoms. The maximum Gasteiger partial charge on any atom is 0.340 e. The van der Waals surface area contributed by atoms with E-state index < -0.39 is 5.60 Å². The van der Waals surface area contributed by atoms with Crippen LogP contribution in [-0.4, -0.2) is 25.1 Å². The van der Waals surface area contributed by atoms with E-state index in [4.69, 9.17) is 9.47 Å². The summed E-state index contributed by atoms with van der Waals surface area (Å²) in [5.41, 5.74) is 5.65. The van der Waals surface area contributed by atoms with Crippen LogP contribution in [0.4, 0.5) is 11.4 Å². The fourth-order valence-electron chi connectivity index (χ4n) is 6.70. The Hall–Kier alpha value is -3.47. The van der Waals surface area contributed by atoms with Crippen LogP contribution in [0.2, 0.25) is 0 Å². The van der Waals surface area contributed by atoms with E-state index in [1.165, 1.54) is 32.1 Å². The lowest BCUT2D eigenvalue weighted by molar-refractivity contribution is 0.0224. The SMILES string of the molecule is CCCCN(CCCC)c1ccc2c(c1)Oc1cc(C)c(NC3CCCCC3)cc1C21OC(=O)c2ccccc21. The Morgan fingerprint density at radius 3 is 2.35 bits per heavy atom. The predicted molar refractivity (Wildman–Crippen MR) is 162 cm³/mol. The fraction of sp³-hybridized carbons (Fsp3) is 0.457. The first-order valence-electron chi connectivity index (χ1n) is 15.4. The Kier molecular flexibility index (Phi) is 7.48. The van der Waals surface area contributed by atoms with Crippen LogP contribution in [0.5, 0.6) is 11.5 Å². The van der Waals surface area contributed by atoms with E-state index in [9.17, 15) is 4.79 Å². The quantitative estimate of drug-likeness (QED) is 0.276. The molecule has 0 bridgehead atoms. The molecule has 2 aliphatic heterocycles. The van der Waals surface area contributed by atoms with Crippen molar-refractivity contribution in [1.82, 2.24) is 0 Å². The molecule has 1 fully saturated rings. The van der Waals surface area contributed by atoms with Gasteiger partial charge in [-0.15, -0.1) is 0 Å². The van der Waals surface area contributed by atoms with Gasteiger partial charge in [-0.1, -0.05) is 64.2 Å². The second-order valence-electron chi connectivity index (χ2n) is 11.7. The average Bonchev–Trinajstić information content (AvgIpc) is 3.27. The molecular formula is C35H42N2O3. The summed E-state index contributed by atoms with van der Waals surface area (Å²) in [6.07, 6.45) is 10.8. The Morgan fingerprint density at radius 1 is 0.875 bits per heavy atom. The van der Waals surface area contributed by atoms with Crippen molar-refractivity contribution < 1.29 is 14.3 Å². The number of benzene rings is 3. The van der Waals surface area contributed by atoms with Gasteiger partial charge in [0.25, 0.3) is 0 Å². The Labute approximate surface area is 238 Å². The third-order valence-electron chi connectivity index (χ3n) is 8.94. The van der Waals surface area contributed by atoms with Gasteiger partial charge < -0.3 is 19.7 Å². The largest absolute Gasteiger partial charge is 0.456 e. The Morgan fingerprint density at radius 2 is 1.60 bits per heavy atom. The normalized spacial score (nSPS) is 19.4. The highest BCUT2D eigenvalue weighted by Gasteiger charge is 2.53. The van der Waals surface area contributed by atoms with Crippen molar-refractivity contribution in [2.75, 3.05) is 23.3 Å². The van der Waals surface area contributed by atoms with Gasteiger partial charge in [-0.05, 0) is 68.5 Å². The standard InChI is InChI=1S/C35H42N2O3/c1-4-6-19-37(20-7-5-2)26-17-18-29-33(22-26)39-32-21-24(3)31(36-25-13-9-8-10-14-25)23-30(32)35(29)28-16-12-11-15-27(28)34(38)40-35/h11-12,15-18,21-23,25,36H,4-10,13-14,19-20H2,1-3H3. The zero-order valence-corrected chi connectivity index (χ0v) is 24.2. The lowest BCUT2D eigenvalue weighted by Gasteiger charge is -2.38. The third-order valence-corrected chi connectivity index (χ3v) is 8.94. The number of hydrogen-bond donors (Lipinski definition) is 1. The Balaban J connectivity index is 1.48. The summed E-state index contributed by atoms with van der Waals surface area (Å²) in [5.74, 6) is 1.24. The number of unbranched alkanes of at least 4 members (excludes halogenated alkanes) is 2. The van der Waals surface area contributed by atoms with Gasteiger partial charge in [0.15, 0.2) is 5.60 Å². The van der Waals surface area contributed by atoms with Crippen molar-refractivity contribution >= 4 is 17.3 Å². The molecule has 3 aliphatic rings. The van der Waals surface area contributed by atoms with Crippen LogP contribution in [0, 0.1) is 6.92 Å². The van der Waals surface area contributed by atoms with Crippen LogP contribution >= 0.6 is 0 Å². The number of carbonyl (C=O) groups excluding carboxylic acids is 1. The summed E-state index contributed by atoms with van der Waals surface area (Å²) >= 11 is 0. The molecule has 0 saturated heterocycles. The number of hydrogen-bond acceptors (Lipinski definition) is 5. The Bertz CT molecular complexity index is 1390. The maximum atomic E-state index is 13.4. The number of nitrogens with one attached hydrogen (secondary N) is 1. The molecule has 0 amide bonds. The van der Waals surface area contributed by atoms with E-state index >= 15 is 0 Å². The number of aryl methyl sites for hydroxylation is 1. The van der Waals surface area contributed by atoms with Crippen LogP contribution in [0.15, 0.2) is 54.6 Å². The molecule has 1 spiro atoms. The molecule has 1 saturated carbocycles. The molecule has 1 atom stereocenters. The number of anilines is 2. The van der Waals surface area contributed by atoms with Crippen LogP contribution in [-0.2, 0) is 10.3 Å². The highest BCUT2D eigenvalue weighted by Crippen LogP contribution is 2.57. The van der Waals surface area contributed by atoms with Gasteiger partial charge in [-0.3, -0.25) is 0 Å². The monoisotopic (exact) mass is 538 g/mol. The predicted octanol–water partition coefficient (Wildman–Crippen LogP) is 8.71. The van der Waals surface area contributed by atoms with Gasteiger partial charge >= 0.3 is 5.97 Å². The van der Waals surface area contributed by atoms with Crippen LogP contribution in [0.3, 0.4) is 0 Å². The van der Waals surface area contributed by atoms with Crippen molar-refractivity contribution in [2.45, 2.75) is 90.2 Å². The molecule has 0 aromatic heterocycles. The highest BCUT2D eigenvalue weighted by molar-refractivity contribution is 5.97. The zero-order chi connectivity index (χ0) is 27.7. The third kappa shape index (κ3) is 4.63. The van der Waals surface area contributed by atoms with Crippen molar-refractivity contribution in [3.05, 3.63) is 82.4 Å². The lowest BCUT2D eigenvalue weighted by Crippen LogP contribution is -2.34. The number of carbonyl (C=O) groups is 1. The minimum atomic E-state index is -1.04.